The molecule has 170 valence electrons. The second-order valence-electron chi connectivity index (χ2n) is 7.50. The Bertz CT molecular complexity index is 1330. The van der Waals surface area contributed by atoms with Gasteiger partial charge in [0.25, 0.3) is 5.56 Å². The number of hydrogen-bond acceptors (Lipinski definition) is 4. The first-order valence-electron chi connectivity index (χ1n) is 9.86. The lowest BCUT2D eigenvalue weighted by Gasteiger charge is -2.18. The zero-order valence-electron chi connectivity index (χ0n) is 17.7. The van der Waals surface area contributed by atoms with Gasteiger partial charge in [0.15, 0.2) is 5.78 Å². The average molecular weight is 468 g/mol. The molecule has 0 aliphatic rings. The average Bonchev–Trinajstić information content (AvgIpc) is 2.75. The second kappa shape index (κ2) is 8.90. The summed E-state index contributed by atoms with van der Waals surface area (Å²) >= 11 is 5.69. The van der Waals surface area contributed by atoms with Crippen molar-refractivity contribution < 1.29 is 18.0 Å². The summed E-state index contributed by atoms with van der Waals surface area (Å²) in [6.07, 6.45) is -3.45. The standard InChI is InChI=1S/C22H21ClF3N3O3/c1-12-16(15(30)9-4-5-10-23)17(13-7-6-8-14(11-13)22(24,25)26)18-19(27-12)28(2)21(32)29(3)20(18)31/h6-8,11H,4-5,9-10H2,1-3H3. The van der Waals surface area contributed by atoms with E-state index in [0.717, 1.165) is 21.3 Å². The van der Waals surface area contributed by atoms with Crippen LogP contribution in [0.25, 0.3) is 22.2 Å². The first kappa shape index (κ1) is 23.7. The monoisotopic (exact) mass is 467 g/mol. The molecule has 0 aliphatic heterocycles. The van der Waals surface area contributed by atoms with Gasteiger partial charge in [-0.3, -0.25) is 18.7 Å². The molecule has 0 radical (unpaired) electrons. The lowest BCUT2D eigenvalue weighted by atomic mass is 9.91. The van der Waals surface area contributed by atoms with Crippen molar-refractivity contribution in [2.75, 3.05) is 5.88 Å². The number of rotatable bonds is 6. The second-order valence-corrected chi connectivity index (χ2v) is 7.88. The fraction of sp³-hybridized carbons (Fsp3) is 0.364. The van der Waals surface area contributed by atoms with Gasteiger partial charge in [-0.2, -0.15) is 13.2 Å². The van der Waals surface area contributed by atoms with Crippen LogP contribution in [0.1, 0.15) is 40.9 Å². The molecule has 32 heavy (non-hydrogen) atoms. The molecule has 0 amide bonds. The minimum absolute atomic E-state index is 0.000296. The van der Waals surface area contributed by atoms with E-state index in [-0.39, 0.29) is 45.6 Å². The highest BCUT2D eigenvalue weighted by Crippen LogP contribution is 2.36. The molecule has 3 rings (SSSR count). The van der Waals surface area contributed by atoms with Crippen LogP contribution in [-0.2, 0) is 20.3 Å². The molecule has 0 saturated heterocycles. The van der Waals surface area contributed by atoms with Crippen molar-refractivity contribution in [2.45, 2.75) is 32.4 Å². The first-order valence-corrected chi connectivity index (χ1v) is 10.4. The van der Waals surface area contributed by atoms with E-state index < -0.39 is 23.0 Å². The quantitative estimate of drug-likeness (QED) is 0.309. The molecule has 1 aromatic carbocycles. The van der Waals surface area contributed by atoms with Gasteiger partial charge in [-0.1, -0.05) is 12.1 Å². The number of hydrogen-bond donors (Lipinski definition) is 0. The van der Waals surface area contributed by atoms with Crippen LogP contribution in [0.4, 0.5) is 13.2 Å². The van der Waals surface area contributed by atoms with Crippen molar-refractivity contribution >= 4 is 28.4 Å². The summed E-state index contributed by atoms with van der Waals surface area (Å²) in [6, 6.07) is 4.43. The Morgan fingerprint density at radius 3 is 2.44 bits per heavy atom. The van der Waals surface area contributed by atoms with Crippen LogP contribution in [0.3, 0.4) is 0 Å². The fourth-order valence-corrected chi connectivity index (χ4v) is 3.88. The largest absolute Gasteiger partial charge is 0.416 e. The third-order valence-corrected chi connectivity index (χ3v) is 5.58. The Balaban J connectivity index is 2.47. The lowest BCUT2D eigenvalue weighted by Crippen LogP contribution is -2.38. The number of alkyl halides is 4. The Morgan fingerprint density at radius 2 is 1.81 bits per heavy atom. The van der Waals surface area contributed by atoms with E-state index in [9.17, 15) is 27.6 Å². The number of benzene rings is 1. The normalized spacial score (nSPS) is 11.8. The molecule has 0 aliphatic carbocycles. The molecule has 10 heteroatoms. The van der Waals surface area contributed by atoms with Gasteiger partial charge in [0.2, 0.25) is 0 Å². The summed E-state index contributed by atoms with van der Waals surface area (Å²) < 4.78 is 42.2. The summed E-state index contributed by atoms with van der Waals surface area (Å²) in [4.78, 5) is 42.9. The maximum Gasteiger partial charge on any atom is 0.416 e. The van der Waals surface area contributed by atoms with Gasteiger partial charge in [0, 0.05) is 37.5 Å². The molecule has 2 heterocycles. The highest BCUT2D eigenvalue weighted by atomic mass is 35.5. The number of unbranched alkanes of at least 4 members (excludes halogenated alkanes) is 1. The van der Waals surface area contributed by atoms with Crippen LogP contribution in [-0.4, -0.2) is 25.8 Å². The van der Waals surface area contributed by atoms with E-state index in [1.54, 1.807) is 0 Å². The summed E-state index contributed by atoms with van der Waals surface area (Å²) in [5.74, 6) is 0.0103. The van der Waals surface area contributed by atoms with E-state index in [2.05, 4.69) is 4.98 Å². The highest BCUT2D eigenvalue weighted by Gasteiger charge is 2.32. The van der Waals surface area contributed by atoms with Crippen molar-refractivity contribution in [3.05, 3.63) is 61.9 Å². The van der Waals surface area contributed by atoms with Crippen LogP contribution < -0.4 is 11.2 Å². The smallest absolute Gasteiger partial charge is 0.294 e. The molecule has 2 aromatic heterocycles. The molecule has 0 spiro atoms. The van der Waals surface area contributed by atoms with E-state index in [1.807, 2.05) is 0 Å². The molecular weight excluding hydrogens is 447 g/mol. The van der Waals surface area contributed by atoms with E-state index in [1.165, 1.54) is 33.2 Å². The molecule has 0 unspecified atom stereocenters. The minimum Gasteiger partial charge on any atom is -0.294 e. The van der Waals surface area contributed by atoms with Gasteiger partial charge >= 0.3 is 11.9 Å². The van der Waals surface area contributed by atoms with Gasteiger partial charge in [-0.05, 0) is 37.5 Å². The van der Waals surface area contributed by atoms with Gasteiger partial charge in [0.1, 0.15) is 5.65 Å². The fourth-order valence-electron chi connectivity index (χ4n) is 3.69. The molecule has 0 atom stereocenters. The van der Waals surface area contributed by atoms with Crippen LogP contribution in [0.5, 0.6) is 0 Å². The number of pyridine rings is 1. The maximum atomic E-state index is 13.4. The van der Waals surface area contributed by atoms with Crippen molar-refractivity contribution in [1.82, 2.24) is 14.1 Å². The summed E-state index contributed by atoms with van der Waals surface area (Å²) in [5, 5.41) is -0.0831. The van der Waals surface area contributed by atoms with Gasteiger partial charge in [-0.25, -0.2) is 9.78 Å². The number of Topliss-reactive ketones (excluding diaryl/α,β-unsaturated/α-hetero) is 1. The number of aryl methyl sites for hydroxylation is 2. The predicted octanol–water partition coefficient (Wildman–Crippen LogP) is 4.22. The molecular formula is C22H21ClF3N3O3. The van der Waals surface area contributed by atoms with E-state index >= 15 is 0 Å². The lowest BCUT2D eigenvalue weighted by molar-refractivity contribution is -0.137. The van der Waals surface area contributed by atoms with Crippen molar-refractivity contribution in [1.29, 1.82) is 0 Å². The predicted molar refractivity (Wildman–Crippen MR) is 116 cm³/mol. The van der Waals surface area contributed by atoms with Gasteiger partial charge < -0.3 is 0 Å². The van der Waals surface area contributed by atoms with Gasteiger partial charge in [-0.15, -0.1) is 11.6 Å². The Labute approximate surface area is 186 Å². The molecule has 0 N–H and O–H groups in total. The maximum absolute atomic E-state index is 13.4. The van der Waals surface area contributed by atoms with Crippen molar-refractivity contribution in [3.63, 3.8) is 0 Å². The van der Waals surface area contributed by atoms with Crippen LogP contribution in [0, 0.1) is 6.92 Å². The van der Waals surface area contributed by atoms with Crippen LogP contribution in [0.2, 0.25) is 0 Å². The summed E-state index contributed by atoms with van der Waals surface area (Å²) in [5.41, 5.74) is -1.90. The van der Waals surface area contributed by atoms with Gasteiger partial charge in [0.05, 0.1) is 16.6 Å². The van der Waals surface area contributed by atoms with E-state index in [0.29, 0.717) is 18.7 Å². The highest BCUT2D eigenvalue weighted by molar-refractivity contribution is 6.17. The number of aromatic nitrogens is 3. The third kappa shape index (κ3) is 4.21. The molecule has 6 nitrogen and oxygen atoms in total. The summed E-state index contributed by atoms with van der Waals surface area (Å²) in [7, 11) is 2.68. The SMILES string of the molecule is Cc1nc2c(c(-c3cccc(C(F)(F)F)c3)c1C(=O)CCCCCl)c(=O)n(C)c(=O)n2C. The zero-order valence-corrected chi connectivity index (χ0v) is 18.5. The topological polar surface area (TPSA) is 74.0 Å². The number of ketones is 1. The molecule has 0 bridgehead atoms. The number of carbonyl (C=O) groups excluding carboxylic acids is 1. The molecule has 0 fully saturated rings. The van der Waals surface area contributed by atoms with Crippen LogP contribution >= 0.6 is 11.6 Å². The zero-order chi connectivity index (χ0) is 23.8. The minimum atomic E-state index is -4.61. The van der Waals surface area contributed by atoms with E-state index in [4.69, 9.17) is 11.6 Å². The number of fused-ring (bicyclic) bond motifs is 1. The third-order valence-electron chi connectivity index (χ3n) is 5.31. The van der Waals surface area contributed by atoms with Crippen molar-refractivity contribution in [2.24, 2.45) is 14.1 Å². The van der Waals surface area contributed by atoms with Crippen molar-refractivity contribution in [3.8, 4) is 11.1 Å². The summed E-state index contributed by atoms with van der Waals surface area (Å²) in [6.45, 7) is 1.54. The number of carbonyl (C=O) groups is 1. The Morgan fingerprint density at radius 1 is 1.12 bits per heavy atom. The molecule has 0 saturated carbocycles. The van der Waals surface area contributed by atoms with Crippen LogP contribution in [0.15, 0.2) is 33.9 Å². The Kier molecular flexibility index (Phi) is 6.59. The molecule has 3 aromatic rings. The Hall–Kier alpha value is -2.94. The number of halogens is 4. The number of nitrogens with zero attached hydrogens (tertiary/aromatic N) is 3. The first-order chi connectivity index (χ1) is 15.0.